The molecule has 5 nitrogen and oxygen atoms in total. The predicted octanol–water partition coefficient (Wildman–Crippen LogP) is 4.92. The van der Waals surface area contributed by atoms with Gasteiger partial charge in [0.05, 0.1) is 11.3 Å². The molecule has 0 fully saturated rings. The first-order chi connectivity index (χ1) is 14.0. The van der Waals surface area contributed by atoms with Gasteiger partial charge in [-0.1, -0.05) is 53.7 Å². The van der Waals surface area contributed by atoms with E-state index in [9.17, 15) is 14.7 Å². The standard InChI is InChI=1S/C22H18ClNO4S/c23-17-8-9-20(28-13-15-5-2-1-3-6-15)16(11-17)12-18(25)14-29-21-19(22(26)27)7-4-10-24-21/h1-11H,12-14H2,(H,26,27). The Morgan fingerprint density at radius 3 is 2.62 bits per heavy atom. The molecule has 1 aromatic heterocycles. The molecule has 0 saturated heterocycles. The zero-order chi connectivity index (χ0) is 20.6. The maximum absolute atomic E-state index is 12.5. The fraction of sp³-hybridized carbons (Fsp3) is 0.136. The molecule has 0 saturated carbocycles. The number of hydrogen-bond acceptors (Lipinski definition) is 5. The van der Waals surface area contributed by atoms with Crippen LogP contribution in [0.1, 0.15) is 21.5 Å². The van der Waals surface area contributed by atoms with Gasteiger partial charge in [0, 0.05) is 23.2 Å². The first-order valence-corrected chi connectivity index (χ1v) is 10.2. The fourth-order valence-corrected chi connectivity index (χ4v) is 3.68. The third-order valence-electron chi connectivity index (χ3n) is 4.02. The van der Waals surface area contributed by atoms with Gasteiger partial charge in [-0.05, 0) is 35.9 Å². The van der Waals surface area contributed by atoms with Crippen LogP contribution in [0.2, 0.25) is 5.02 Å². The van der Waals surface area contributed by atoms with Crippen molar-refractivity contribution in [2.75, 3.05) is 5.75 Å². The van der Waals surface area contributed by atoms with E-state index < -0.39 is 5.97 Å². The van der Waals surface area contributed by atoms with Gasteiger partial charge in [-0.2, -0.15) is 0 Å². The van der Waals surface area contributed by atoms with Crippen LogP contribution in [-0.2, 0) is 17.8 Å². The molecule has 0 aliphatic carbocycles. The number of ether oxygens (including phenoxy) is 1. The minimum absolute atomic E-state index is 0.0798. The molecule has 29 heavy (non-hydrogen) atoms. The number of aromatic carboxylic acids is 1. The average Bonchev–Trinajstić information content (AvgIpc) is 2.72. The van der Waals surface area contributed by atoms with Gasteiger partial charge >= 0.3 is 5.97 Å². The van der Waals surface area contributed by atoms with E-state index in [1.807, 2.05) is 30.3 Å². The molecule has 148 valence electrons. The molecule has 3 aromatic rings. The Labute approximate surface area is 177 Å². The summed E-state index contributed by atoms with van der Waals surface area (Å²) in [6.45, 7) is 0.383. The largest absolute Gasteiger partial charge is 0.489 e. The average molecular weight is 428 g/mol. The maximum Gasteiger partial charge on any atom is 0.338 e. The van der Waals surface area contributed by atoms with Crippen molar-refractivity contribution in [3.63, 3.8) is 0 Å². The van der Waals surface area contributed by atoms with Crippen LogP contribution in [0.15, 0.2) is 71.9 Å². The molecule has 0 amide bonds. The van der Waals surface area contributed by atoms with Crippen LogP contribution in [0.3, 0.4) is 0 Å². The van der Waals surface area contributed by atoms with Crippen molar-refractivity contribution < 1.29 is 19.4 Å². The van der Waals surface area contributed by atoms with Gasteiger partial charge in [-0.15, -0.1) is 0 Å². The molecule has 0 atom stereocenters. The lowest BCUT2D eigenvalue weighted by atomic mass is 10.1. The topological polar surface area (TPSA) is 76.5 Å². The van der Waals surface area contributed by atoms with Crippen molar-refractivity contribution in [2.24, 2.45) is 0 Å². The number of carboxylic acid groups (broad SMARTS) is 1. The van der Waals surface area contributed by atoms with Crippen molar-refractivity contribution in [1.29, 1.82) is 0 Å². The number of hydrogen-bond donors (Lipinski definition) is 1. The summed E-state index contributed by atoms with van der Waals surface area (Å²) in [5.74, 6) is -0.453. The van der Waals surface area contributed by atoms with E-state index in [-0.39, 0.29) is 23.5 Å². The second-order valence-corrected chi connectivity index (χ2v) is 7.59. The third-order valence-corrected chi connectivity index (χ3v) is 5.32. The maximum atomic E-state index is 12.5. The quantitative estimate of drug-likeness (QED) is 0.488. The Hall–Kier alpha value is -2.83. The normalized spacial score (nSPS) is 10.5. The Morgan fingerprint density at radius 2 is 1.86 bits per heavy atom. The van der Waals surface area contributed by atoms with Crippen LogP contribution in [0, 0.1) is 0 Å². The number of benzene rings is 2. The highest BCUT2D eigenvalue weighted by atomic mass is 35.5. The van der Waals surface area contributed by atoms with Crippen LogP contribution in [0.5, 0.6) is 5.75 Å². The third kappa shape index (κ3) is 6.07. The van der Waals surface area contributed by atoms with E-state index in [1.165, 1.54) is 12.3 Å². The number of Topliss-reactive ketones (excluding diaryl/α,β-unsaturated/α-hetero) is 1. The van der Waals surface area contributed by atoms with E-state index >= 15 is 0 Å². The number of pyridine rings is 1. The lowest BCUT2D eigenvalue weighted by Crippen LogP contribution is -2.09. The second-order valence-electron chi connectivity index (χ2n) is 6.19. The van der Waals surface area contributed by atoms with E-state index in [0.29, 0.717) is 28.0 Å². The molecular weight excluding hydrogens is 410 g/mol. The van der Waals surface area contributed by atoms with E-state index in [1.54, 1.807) is 24.3 Å². The van der Waals surface area contributed by atoms with Crippen LogP contribution >= 0.6 is 23.4 Å². The summed E-state index contributed by atoms with van der Waals surface area (Å²) < 4.78 is 5.88. The fourth-order valence-electron chi connectivity index (χ4n) is 2.64. The molecule has 1 heterocycles. The summed E-state index contributed by atoms with van der Waals surface area (Å²) in [6.07, 6.45) is 1.64. The number of carbonyl (C=O) groups is 2. The summed E-state index contributed by atoms with van der Waals surface area (Å²) in [6, 6.07) is 17.9. The van der Waals surface area contributed by atoms with Gasteiger partial charge in [0.15, 0.2) is 0 Å². The molecule has 0 radical (unpaired) electrons. The minimum Gasteiger partial charge on any atom is -0.489 e. The molecule has 0 unspecified atom stereocenters. The van der Waals surface area contributed by atoms with Gasteiger partial charge in [0.2, 0.25) is 0 Å². The first kappa shape index (κ1) is 20.9. The van der Waals surface area contributed by atoms with E-state index in [4.69, 9.17) is 16.3 Å². The Balaban J connectivity index is 1.65. The van der Waals surface area contributed by atoms with Gasteiger partial charge in [-0.25, -0.2) is 9.78 Å². The van der Waals surface area contributed by atoms with E-state index in [2.05, 4.69) is 4.98 Å². The molecule has 7 heteroatoms. The molecule has 3 rings (SSSR count). The SMILES string of the molecule is O=C(CSc1ncccc1C(=O)O)Cc1cc(Cl)ccc1OCc1ccccc1. The number of halogens is 1. The Bertz CT molecular complexity index is 1010. The summed E-state index contributed by atoms with van der Waals surface area (Å²) >= 11 is 7.21. The monoisotopic (exact) mass is 427 g/mol. The van der Waals surface area contributed by atoms with Crippen molar-refractivity contribution in [1.82, 2.24) is 4.98 Å². The van der Waals surface area contributed by atoms with Crippen LogP contribution in [0.25, 0.3) is 0 Å². The smallest absolute Gasteiger partial charge is 0.338 e. The first-order valence-electron chi connectivity index (χ1n) is 8.81. The number of nitrogens with zero attached hydrogens (tertiary/aromatic N) is 1. The van der Waals surface area contributed by atoms with Gasteiger partial charge in [0.25, 0.3) is 0 Å². The second kappa shape index (κ2) is 10.1. The van der Waals surface area contributed by atoms with Crippen molar-refractivity contribution in [3.8, 4) is 5.75 Å². The zero-order valence-electron chi connectivity index (χ0n) is 15.4. The number of carbonyl (C=O) groups excluding carboxylic acids is 1. The summed E-state index contributed by atoms with van der Waals surface area (Å²) in [7, 11) is 0. The molecule has 0 bridgehead atoms. The van der Waals surface area contributed by atoms with Gasteiger partial charge in [0.1, 0.15) is 23.2 Å². The van der Waals surface area contributed by atoms with Gasteiger partial charge in [-0.3, -0.25) is 4.79 Å². The molecule has 0 aliphatic heterocycles. The molecular formula is C22H18ClNO4S. The number of rotatable bonds is 9. The van der Waals surface area contributed by atoms with Gasteiger partial charge < -0.3 is 9.84 Å². The molecule has 1 N–H and O–H groups in total. The highest BCUT2D eigenvalue weighted by molar-refractivity contribution is 8.00. The highest BCUT2D eigenvalue weighted by Crippen LogP contribution is 2.26. The predicted molar refractivity (Wildman–Crippen MR) is 113 cm³/mol. The Kier molecular flexibility index (Phi) is 7.27. The number of ketones is 1. The molecule has 0 aliphatic rings. The highest BCUT2D eigenvalue weighted by Gasteiger charge is 2.15. The molecule has 0 spiro atoms. The number of thioether (sulfide) groups is 1. The summed E-state index contributed by atoms with van der Waals surface area (Å²) in [5, 5.41) is 10.1. The summed E-state index contributed by atoms with van der Waals surface area (Å²) in [4.78, 5) is 27.8. The summed E-state index contributed by atoms with van der Waals surface area (Å²) in [5.41, 5.74) is 1.80. The minimum atomic E-state index is -1.07. The van der Waals surface area contributed by atoms with Crippen molar-refractivity contribution in [3.05, 3.63) is 88.6 Å². The number of carboxylic acids is 1. The lowest BCUT2D eigenvalue weighted by molar-refractivity contribution is -0.116. The van der Waals surface area contributed by atoms with Crippen LogP contribution in [-0.4, -0.2) is 27.6 Å². The molecule has 2 aromatic carbocycles. The van der Waals surface area contributed by atoms with Crippen molar-refractivity contribution in [2.45, 2.75) is 18.1 Å². The van der Waals surface area contributed by atoms with Crippen LogP contribution < -0.4 is 4.74 Å². The zero-order valence-corrected chi connectivity index (χ0v) is 16.9. The van der Waals surface area contributed by atoms with Crippen LogP contribution in [0.4, 0.5) is 0 Å². The van der Waals surface area contributed by atoms with Crippen molar-refractivity contribution >= 4 is 35.1 Å². The van der Waals surface area contributed by atoms with E-state index in [0.717, 1.165) is 17.3 Å². The Morgan fingerprint density at radius 1 is 1.07 bits per heavy atom. The number of aromatic nitrogens is 1. The lowest BCUT2D eigenvalue weighted by Gasteiger charge is -2.12.